The summed E-state index contributed by atoms with van der Waals surface area (Å²) in [5, 5.41) is 21.8. The predicted octanol–water partition coefficient (Wildman–Crippen LogP) is 0.834. The zero-order chi connectivity index (χ0) is 28.9. The van der Waals surface area contributed by atoms with E-state index in [1.165, 1.54) is 29.6 Å². The molecule has 0 spiro atoms. The fourth-order valence-corrected chi connectivity index (χ4v) is 6.37. The van der Waals surface area contributed by atoms with Crippen LogP contribution in [0.4, 0.5) is 4.39 Å². The second-order valence-electron chi connectivity index (χ2n) is 10.1. The molecule has 3 atom stereocenters. The van der Waals surface area contributed by atoms with E-state index in [9.17, 15) is 22.7 Å². The molecule has 10 nitrogen and oxygen atoms in total. The Bertz CT molecular complexity index is 1430. The van der Waals surface area contributed by atoms with Crippen molar-refractivity contribution < 1.29 is 27.4 Å². The van der Waals surface area contributed by atoms with Crippen molar-refractivity contribution in [1.29, 1.82) is 0 Å². The second kappa shape index (κ2) is 12.9. The van der Waals surface area contributed by atoms with Crippen LogP contribution >= 0.6 is 0 Å². The molecule has 13 heteroatoms. The van der Waals surface area contributed by atoms with Crippen molar-refractivity contribution in [3.8, 4) is 5.75 Å². The molecular weight excluding hydrogens is 536 g/mol. The van der Waals surface area contributed by atoms with Crippen molar-refractivity contribution in [2.45, 2.75) is 50.0 Å². The maximum atomic E-state index is 14.5. The molecule has 1 saturated heterocycles. The van der Waals surface area contributed by atoms with Gasteiger partial charge in [-0.2, -0.15) is 14.5 Å². The Morgan fingerprint density at radius 1 is 1.20 bits per heavy atom. The Morgan fingerprint density at radius 2 is 2.00 bits per heavy atom. The number of benzene rings is 2. The number of carbonyl (C=O) groups is 1. The van der Waals surface area contributed by atoms with Gasteiger partial charge in [-0.15, -0.1) is 0 Å². The first-order valence-corrected chi connectivity index (χ1v) is 14.4. The molecule has 40 heavy (non-hydrogen) atoms. The van der Waals surface area contributed by atoms with E-state index < -0.39 is 34.0 Å². The fourth-order valence-electron chi connectivity index (χ4n) is 4.82. The average Bonchev–Trinajstić information content (AvgIpc) is 2.91. The van der Waals surface area contributed by atoms with Gasteiger partial charge < -0.3 is 20.0 Å². The summed E-state index contributed by atoms with van der Waals surface area (Å²) in [4.78, 5) is 14.2. The first-order valence-electron chi connectivity index (χ1n) is 12.9. The first-order chi connectivity index (χ1) is 19.0. The SMILES string of the molecule is BN1CCN(S(=O)(=O)c2cccc(C)c2)C[C@@H]1[C@@H](O)[C@H](Cc1cc(F)cc(OCc2ccnnc2)c1)NC(C)=O. The zero-order valence-corrected chi connectivity index (χ0v) is 23.5. The van der Waals surface area contributed by atoms with Gasteiger partial charge in [0.1, 0.15) is 18.2 Å². The Kier molecular flexibility index (Phi) is 9.51. The van der Waals surface area contributed by atoms with Crippen LogP contribution in [0.5, 0.6) is 5.75 Å². The Labute approximate surface area is 234 Å². The molecule has 212 valence electrons. The molecule has 2 heterocycles. The molecule has 0 unspecified atom stereocenters. The molecule has 0 aliphatic carbocycles. The highest BCUT2D eigenvalue weighted by Crippen LogP contribution is 2.24. The Hall–Kier alpha value is -3.39. The third-order valence-corrected chi connectivity index (χ3v) is 8.78. The van der Waals surface area contributed by atoms with Crippen LogP contribution in [0, 0.1) is 12.7 Å². The highest BCUT2D eigenvalue weighted by molar-refractivity contribution is 7.89. The number of aromatic nitrogens is 2. The number of carbonyl (C=O) groups excluding carboxylic acids is 1. The van der Waals surface area contributed by atoms with Gasteiger partial charge in [0, 0.05) is 50.4 Å². The summed E-state index contributed by atoms with van der Waals surface area (Å²) < 4.78 is 48.4. The van der Waals surface area contributed by atoms with E-state index in [-0.39, 0.29) is 42.7 Å². The molecule has 1 amide bonds. The van der Waals surface area contributed by atoms with E-state index in [0.717, 1.165) is 11.1 Å². The summed E-state index contributed by atoms with van der Waals surface area (Å²) in [5.74, 6) is -0.612. The summed E-state index contributed by atoms with van der Waals surface area (Å²) >= 11 is 0. The number of hydrogen-bond acceptors (Lipinski definition) is 8. The van der Waals surface area contributed by atoms with Crippen LogP contribution in [0.3, 0.4) is 0 Å². The van der Waals surface area contributed by atoms with Gasteiger partial charge in [0.15, 0.2) is 7.98 Å². The molecule has 1 aliphatic heterocycles. The van der Waals surface area contributed by atoms with E-state index in [4.69, 9.17) is 4.74 Å². The minimum absolute atomic E-state index is 0.0293. The average molecular weight is 569 g/mol. The minimum atomic E-state index is -3.79. The van der Waals surface area contributed by atoms with Crippen molar-refractivity contribution in [2.75, 3.05) is 19.6 Å². The van der Waals surface area contributed by atoms with Gasteiger partial charge >= 0.3 is 0 Å². The summed E-state index contributed by atoms with van der Waals surface area (Å²) in [7, 11) is -1.99. The number of aliphatic hydroxyl groups excluding tert-OH is 1. The maximum absolute atomic E-state index is 14.5. The van der Waals surface area contributed by atoms with Crippen molar-refractivity contribution >= 4 is 23.9 Å². The van der Waals surface area contributed by atoms with E-state index in [1.54, 1.807) is 44.5 Å². The third kappa shape index (κ3) is 7.42. The molecule has 0 saturated carbocycles. The first kappa shape index (κ1) is 29.6. The number of ether oxygens (including phenoxy) is 1. The summed E-state index contributed by atoms with van der Waals surface area (Å²) in [6.45, 7) is 4.00. The Balaban J connectivity index is 1.52. The number of halogens is 1. The fraction of sp³-hybridized carbons (Fsp3) is 0.370. The standard InChI is InChI=1S/C27H33BFN5O5S/c1-18-4-3-5-24(10-18)40(37,38)33-8-9-34(28)26(16-33)27(36)25(32-19(2)35)13-21-11-22(29)14-23(12-21)39-17-20-6-7-30-31-15-20/h3-7,10-12,14-15,25-27,36H,8-9,13,16-17,28H2,1-2H3,(H,32,35)/t25-,26+,27-/m0/s1. The van der Waals surface area contributed by atoms with Crippen LogP contribution in [0.25, 0.3) is 0 Å². The quantitative estimate of drug-likeness (QED) is 0.344. The molecule has 0 bridgehead atoms. The van der Waals surface area contributed by atoms with Crippen molar-refractivity contribution in [3.05, 3.63) is 83.4 Å². The van der Waals surface area contributed by atoms with Crippen molar-refractivity contribution in [1.82, 2.24) is 24.6 Å². The van der Waals surface area contributed by atoms with Gasteiger partial charge in [0.2, 0.25) is 15.9 Å². The molecule has 1 aromatic heterocycles. The number of nitrogens with zero attached hydrogens (tertiary/aromatic N) is 4. The second-order valence-corrected chi connectivity index (χ2v) is 12.0. The summed E-state index contributed by atoms with van der Waals surface area (Å²) in [5.41, 5.74) is 2.09. The lowest BCUT2D eigenvalue weighted by atomic mass is 9.92. The molecule has 2 N–H and O–H groups in total. The highest BCUT2D eigenvalue weighted by Gasteiger charge is 2.39. The lowest BCUT2D eigenvalue weighted by Gasteiger charge is -2.43. The maximum Gasteiger partial charge on any atom is 0.243 e. The van der Waals surface area contributed by atoms with Crippen LogP contribution in [-0.4, -0.2) is 84.5 Å². The lowest BCUT2D eigenvalue weighted by molar-refractivity contribution is -0.121. The molecule has 4 rings (SSSR count). The zero-order valence-electron chi connectivity index (χ0n) is 22.7. The topological polar surface area (TPSA) is 125 Å². The summed E-state index contributed by atoms with van der Waals surface area (Å²) in [6, 6.07) is 11.2. The van der Waals surface area contributed by atoms with Crippen LogP contribution in [0.2, 0.25) is 0 Å². The van der Waals surface area contributed by atoms with Crippen LogP contribution in [0.15, 0.2) is 65.8 Å². The van der Waals surface area contributed by atoms with E-state index in [1.807, 2.05) is 17.8 Å². The number of amides is 1. The largest absolute Gasteiger partial charge is 0.489 e. The Morgan fingerprint density at radius 3 is 2.70 bits per heavy atom. The van der Waals surface area contributed by atoms with Gasteiger partial charge in [-0.05, 0) is 54.8 Å². The normalized spacial score (nSPS) is 18.1. The van der Waals surface area contributed by atoms with Gasteiger partial charge in [0.05, 0.1) is 23.2 Å². The highest BCUT2D eigenvalue weighted by atomic mass is 32.2. The number of rotatable bonds is 10. The third-order valence-electron chi connectivity index (χ3n) is 6.92. The molecular formula is C27H33BFN5O5S. The molecule has 0 radical (unpaired) electrons. The monoisotopic (exact) mass is 569 g/mol. The smallest absolute Gasteiger partial charge is 0.243 e. The van der Waals surface area contributed by atoms with Crippen LogP contribution in [0.1, 0.15) is 23.6 Å². The van der Waals surface area contributed by atoms with Crippen LogP contribution in [-0.2, 0) is 27.8 Å². The summed E-state index contributed by atoms with van der Waals surface area (Å²) in [6.07, 6.45) is 2.03. The number of piperazine rings is 1. The number of nitrogens with one attached hydrogen (secondary N) is 1. The molecule has 3 aromatic rings. The van der Waals surface area contributed by atoms with Gasteiger partial charge in [0.25, 0.3) is 0 Å². The molecule has 2 aromatic carbocycles. The number of hydrogen-bond donors (Lipinski definition) is 2. The lowest BCUT2D eigenvalue weighted by Crippen LogP contribution is -2.62. The van der Waals surface area contributed by atoms with E-state index in [0.29, 0.717) is 12.1 Å². The van der Waals surface area contributed by atoms with E-state index >= 15 is 0 Å². The van der Waals surface area contributed by atoms with Crippen molar-refractivity contribution in [2.24, 2.45) is 0 Å². The molecule has 1 fully saturated rings. The van der Waals surface area contributed by atoms with Crippen molar-refractivity contribution in [3.63, 3.8) is 0 Å². The number of aryl methyl sites for hydroxylation is 1. The van der Waals surface area contributed by atoms with Gasteiger partial charge in [-0.3, -0.25) is 4.79 Å². The minimum Gasteiger partial charge on any atom is -0.489 e. The van der Waals surface area contributed by atoms with Gasteiger partial charge in [-0.25, -0.2) is 12.8 Å². The predicted molar refractivity (Wildman–Crippen MR) is 149 cm³/mol. The number of sulfonamides is 1. The van der Waals surface area contributed by atoms with Crippen LogP contribution < -0.4 is 10.1 Å². The van der Waals surface area contributed by atoms with Gasteiger partial charge in [-0.1, -0.05) is 12.1 Å². The number of aliphatic hydroxyl groups is 1. The van der Waals surface area contributed by atoms with E-state index in [2.05, 4.69) is 15.5 Å². The molecule has 1 aliphatic rings.